The number of rotatable bonds is 10. The molecule has 0 unspecified atom stereocenters. The molecule has 0 saturated heterocycles. The summed E-state index contributed by atoms with van der Waals surface area (Å²) in [6, 6.07) is 19.5. The number of benzene rings is 3. The standard InChI is InChI=1S/C26H29N3O5/c1-29(16-18-9-12-21(33-3)15-24(18)34-4)17-25(30)28-23-8-6-5-7-22(23)26(31)27-19-10-13-20(32-2)14-11-19/h5-15H,16-17H2,1-4H3,(H,27,31)(H,28,30). The van der Waals surface area contributed by atoms with E-state index in [1.54, 1.807) is 75.9 Å². The van der Waals surface area contributed by atoms with E-state index in [1.807, 2.05) is 24.1 Å². The predicted octanol–water partition coefficient (Wildman–Crippen LogP) is 4.04. The maximum absolute atomic E-state index is 12.8. The quantitative estimate of drug-likeness (QED) is 0.472. The van der Waals surface area contributed by atoms with Gasteiger partial charge in [0.2, 0.25) is 5.91 Å². The van der Waals surface area contributed by atoms with Crippen LogP contribution in [0.25, 0.3) is 0 Å². The number of ether oxygens (including phenoxy) is 3. The van der Waals surface area contributed by atoms with Crippen LogP contribution >= 0.6 is 0 Å². The lowest BCUT2D eigenvalue weighted by molar-refractivity contribution is -0.117. The van der Waals surface area contributed by atoms with Gasteiger partial charge in [0.15, 0.2) is 0 Å². The van der Waals surface area contributed by atoms with Gasteiger partial charge in [0, 0.05) is 23.9 Å². The van der Waals surface area contributed by atoms with Crippen molar-refractivity contribution in [3.63, 3.8) is 0 Å². The number of carbonyl (C=O) groups is 2. The van der Waals surface area contributed by atoms with Crippen molar-refractivity contribution in [1.29, 1.82) is 0 Å². The molecule has 8 heteroatoms. The van der Waals surface area contributed by atoms with E-state index >= 15 is 0 Å². The Balaban J connectivity index is 1.63. The summed E-state index contributed by atoms with van der Waals surface area (Å²) >= 11 is 0. The van der Waals surface area contributed by atoms with Crippen LogP contribution in [0, 0.1) is 0 Å². The second-order valence-electron chi connectivity index (χ2n) is 7.63. The Labute approximate surface area is 199 Å². The largest absolute Gasteiger partial charge is 0.497 e. The van der Waals surface area contributed by atoms with Gasteiger partial charge in [-0.3, -0.25) is 14.5 Å². The van der Waals surface area contributed by atoms with Crippen molar-refractivity contribution in [1.82, 2.24) is 4.90 Å². The first kappa shape index (κ1) is 24.6. The SMILES string of the molecule is COc1ccc(NC(=O)c2ccccc2NC(=O)CN(C)Cc2ccc(OC)cc2OC)cc1. The minimum Gasteiger partial charge on any atom is -0.497 e. The number of nitrogens with zero attached hydrogens (tertiary/aromatic N) is 1. The molecule has 178 valence electrons. The van der Waals surface area contributed by atoms with Gasteiger partial charge in [-0.15, -0.1) is 0 Å². The van der Waals surface area contributed by atoms with E-state index in [9.17, 15) is 9.59 Å². The average molecular weight is 464 g/mol. The maximum atomic E-state index is 12.8. The smallest absolute Gasteiger partial charge is 0.257 e. The lowest BCUT2D eigenvalue weighted by Crippen LogP contribution is -2.30. The zero-order chi connectivity index (χ0) is 24.5. The number of hydrogen-bond donors (Lipinski definition) is 2. The molecule has 8 nitrogen and oxygen atoms in total. The van der Waals surface area contributed by atoms with Gasteiger partial charge >= 0.3 is 0 Å². The average Bonchev–Trinajstić information content (AvgIpc) is 2.84. The molecule has 0 aromatic heterocycles. The van der Waals surface area contributed by atoms with Gasteiger partial charge in [-0.2, -0.15) is 0 Å². The molecule has 0 aliphatic heterocycles. The summed E-state index contributed by atoms with van der Waals surface area (Å²) in [5.74, 6) is 1.52. The highest BCUT2D eigenvalue weighted by Gasteiger charge is 2.16. The van der Waals surface area contributed by atoms with Crippen LogP contribution in [0.2, 0.25) is 0 Å². The fourth-order valence-electron chi connectivity index (χ4n) is 3.43. The molecule has 3 aromatic carbocycles. The molecular weight excluding hydrogens is 434 g/mol. The third-order valence-electron chi connectivity index (χ3n) is 5.14. The fourth-order valence-corrected chi connectivity index (χ4v) is 3.43. The summed E-state index contributed by atoms with van der Waals surface area (Å²) in [7, 11) is 6.61. The topological polar surface area (TPSA) is 89.1 Å². The number of amides is 2. The Morgan fingerprint density at radius 2 is 1.50 bits per heavy atom. The molecule has 0 bridgehead atoms. The number of carbonyl (C=O) groups excluding carboxylic acids is 2. The van der Waals surface area contributed by atoms with Crippen molar-refractivity contribution in [3.8, 4) is 17.2 Å². The molecule has 0 fully saturated rings. The summed E-state index contributed by atoms with van der Waals surface area (Å²) in [5, 5.41) is 5.68. The zero-order valence-electron chi connectivity index (χ0n) is 19.8. The first-order chi connectivity index (χ1) is 16.4. The fraction of sp³-hybridized carbons (Fsp3) is 0.231. The Bertz CT molecular complexity index is 1130. The monoisotopic (exact) mass is 463 g/mol. The van der Waals surface area contributed by atoms with Crippen LogP contribution in [0.1, 0.15) is 15.9 Å². The maximum Gasteiger partial charge on any atom is 0.257 e. The van der Waals surface area contributed by atoms with Crippen LogP contribution in [-0.2, 0) is 11.3 Å². The summed E-state index contributed by atoms with van der Waals surface area (Å²) in [6.45, 7) is 0.629. The van der Waals surface area contributed by atoms with Gasteiger partial charge in [-0.05, 0) is 49.5 Å². The van der Waals surface area contributed by atoms with Gasteiger partial charge in [0.05, 0.1) is 39.1 Å². The second-order valence-corrected chi connectivity index (χ2v) is 7.63. The molecule has 3 aromatic rings. The minimum atomic E-state index is -0.322. The van der Waals surface area contributed by atoms with Crippen molar-refractivity contribution in [2.75, 3.05) is 45.6 Å². The third-order valence-corrected chi connectivity index (χ3v) is 5.14. The minimum absolute atomic E-state index is 0.129. The Hall–Kier alpha value is -4.04. The number of anilines is 2. The Morgan fingerprint density at radius 1 is 0.824 bits per heavy atom. The first-order valence-electron chi connectivity index (χ1n) is 10.7. The van der Waals surface area contributed by atoms with Crippen molar-refractivity contribution >= 4 is 23.2 Å². The van der Waals surface area contributed by atoms with Crippen LogP contribution in [0.3, 0.4) is 0 Å². The van der Waals surface area contributed by atoms with Gasteiger partial charge < -0.3 is 24.8 Å². The molecule has 0 aliphatic carbocycles. The molecule has 34 heavy (non-hydrogen) atoms. The molecule has 0 atom stereocenters. The van der Waals surface area contributed by atoms with Gasteiger partial charge in [0.1, 0.15) is 17.2 Å². The van der Waals surface area contributed by atoms with Crippen molar-refractivity contribution in [3.05, 3.63) is 77.9 Å². The summed E-state index contributed by atoms with van der Waals surface area (Å²) < 4.78 is 15.8. The molecule has 3 rings (SSSR count). The molecule has 0 heterocycles. The lowest BCUT2D eigenvalue weighted by Gasteiger charge is -2.19. The molecule has 0 aliphatic rings. The van der Waals surface area contributed by atoms with Crippen molar-refractivity contribution < 1.29 is 23.8 Å². The van der Waals surface area contributed by atoms with Crippen LogP contribution in [-0.4, -0.2) is 51.6 Å². The van der Waals surface area contributed by atoms with E-state index in [1.165, 1.54) is 0 Å². The molecule has 2 N–H and O–H groups in total. The number of nitrogens with one attached hydrogen (secondary N) is 2. The first-order valence-corrected chi connectivity index (χ1v) is 10.7. The van der Waals surface area contributed by atoms with E-state index in [0.29, 0.717) is 40.7 Å². The van der Waals surface area contributed by atoms with E-state index in [-0.39, 0.29) is 18.4 Å². The van der Waals surface area contributed by atoms with Crippen molar-refractivity contribution in [2.24, 2.45) is 0 Å². The Morgan fingerprint density at radius 3 is 2.18 bits per heavy atom. The number of hydrogen-bond acceptors (Lipinski definition) is 6. The normalized spacial score (nSPS) is 10.5. The van der Waals surface area contributed by atoms with Crippen molar-refractivity contribution in [2.45, 2.75) is 6.54 Å². The van der Waals surface area contributed by atoms with Gasteiger partial charge in [-0.1, -0.05) is 18.2 Å². The predicted molar refractivity (Wildman–Crippen MR) is 132 cm³/mol. The summed E-state index contributed by atoms with van der Waals surface area (Å²) in [4.78, 5) is 27.4. The molecule has 0 spiro atoms. The Kier molecular flexibility index (Phi) is 8.48. The number of methoxy groups -OCH3 is 3. The molecule has 2 amide bonds. The summed E-state index contributed by atoms with van der Waals surface area (Å²) in [6.07, 6.45) is 0. The summed E-state index contributed by atoms with van der Waals surface area (Å²) in [5.41, 5.74) is 2.36. The number of likely N-dealkylation sites (N-methyl/N-ethyl adjacent to an activating group) is 1. The molecular formula is C26H29N3O5. The van der Waals surface area contributed by atoms with E-state index in [0.717, 1.165) is 5.56 Å². The van der Waals surface area contributed by atoms with Crippen LogP contribution in [0.4, 0.5) is 11.4 Å². The van der Waals surface area contributed by atoms with E-state index < -0.39 is 0 Å². The highest BCUT2D eigenvalue weighted by Crippen LogP contribution is 2.25. The van der Waals surface area contributed by atoms with E-state index in [2.05, 4.69) is 10.6 Å². The van der Waals surface area contributed by atoms with Crippen LogP contribution in [0.15, 0.2) is 66.7 Å². The molecule has 0 saturated carbocycles. The van der Waals surface area contributed by atoms with E-state index in [4.69, 9.17) is 14.2 Å². The third kappa shape index (κ3) is 6.49. The number of para-hydroxylation sites is 1. The lowest BCUT2D eigenvalue weighted by atomic mass is 10.1. The highest BCUT2D eigenvalue weighted by molar-refractivity contribution is 6.10. The highest BCUT2D eigenvalue weighted by atomic mass is 16.5. The molecule has 0 radical (unpaired) electrons. The second kappa shape index (κ2) is 11.7. The van der Waals surface area contributed by atoms with Crippen LogP contribution < -0.4 is 24.8 Å². The van der Waals surface area contributed by atoms with Gasteiger partial charge in [0.25, 0.3) is 5.91 Å². The zero-order valence-corrected chi connectivity index (χ0v) is 19.8. The van der Waals surface area contributed by atoms with Crippen LogP contribution in [0.5, 0.6) is 17.2 Å². The van der Waals surface area contributed by atoms with Gasteiger partial charge in [-0.25, -0.2) is 0 Å².